The van der Waals surface area contributed by atoms with Crippen molar-refractivity contribution in [2.24, 2.45) is 0 Å². The Labute approximate surface area is 168 Å². The van der Waals surface area contributed by atoms with Gasteiger partial charge >= 0.3 is 0 Å². The van der Waals surface area contributed by atoms with Gasteiger partial charge in [-0.15, -0.1) is 0 Å². The molecule has 29 heavy (non-hydrogen) atoms. The first kappa shape index (κ1) is 18.9. The number of nitrogens with one attached hydrogen (secondary N) is 4. The maximum absolute atomic E-state index is 12.4. The minimum atomic E-state index is -0.433. The van der Waals surface area contributed by atoms with Gasteiger partial charge in [-0.05, 0) is 35.7 Å². The summed E-state index contributed by atoms with van der Waals surface area (Å²) in [6.45, 7) is 0.633. The van der Waals surface area contributed by atoms with Crippen LogP contribution in [0.5, 0.6) is 0 Å². The highest BCUT2D eigenvalue weighted by Crippen LogP contribution is 2.21. The average molecular weight is 390 g/mol. The lowest BCUT2D eigenvalue weighted by Gasteiger charge is -2.12. The fourth-order valence-corrected chi connectivity index (χ4v) is 3.25. The van der Waals surface area contributed by atoms with Gasteiger partial charge in [0.25, 0.3) is 11.8 Å². The fraction of sp³-hybridized carbons (Fsp3) is 0.190. The van der Waals surface area contributed by atoms with Crippen molar-refractivity contribution in [3.05, 3.63) is 89.7 Å². The molecule has 2 atom stereocenters. The number of benzene rings is 2. The van der Waals surface area contributed by atoms with Gasteiger partial charge in [0.15, 0.2) is 0 Å². The van der Waals surface area contributed by atoms with Crippen molar-refractivity contribution in [3.8, 4) is 0 Å². The molecule has 1 aromatic heterocycles. The minimum Gasteiger partial charge on any atom is -0.271 e. The summed E-state index contributed by atoms with van der Waals surface area (Å²) in [5.74, 6) is -0.658. The van der Waals surface area contributed by atoms with Gasteiger partial charge in [-0.2, -0.15) is 5.10 Å². The largest absolute Gasteiger partial charge is 0.271 e. The molecule has 148 valence electrons. The van der Waals surface area contributed by atoms with Crippen LogP contribution in [0.4, 0.5) is 0 Å². The van der Waals surface area contributed by atoms with E-state index in [0.29, 0.717) is 18.5 Å². The molecule has 8 nitrogen and oxygen atoms in total. The van der Waals surface area contributed by atoms with Crippen LogP contribution in [0.2, 0.25) is 0 Å². The zero-order valence-electron chi connectivity index (χ0n) is 15.7. The van der Waals surface area contributed by atoms with Gasteiger partial charge in [0.05, 0.1) is 6.54 Å². The molecule has 0 aliphatic carbocycles. The SMILES string of the molecule is O=C(NNC(=O)C1CC(c2ccccc2)NN1)c1ccc(Cn2cccn2)cc1. The molecule has 4 N–H and O–H groups in total. The summed E-state index contributed by atoms with van der Waals surface area (Å²) in [7, 11) is 0. The zero-order chi connectivity index (χ0) is 20.1. The number of hydrazine groups is 2. The number of rotatable bonds is 5. The second kappa shape index (κ2) is 8.68. The summed E-state index contributed by atoms with van der Waals surface area (Å²) in [6.07, 6.45) is 4.19. The van der Waals surface area contributed by atoms with Crippen LogP contribution in [0.1, 0.15) is 33.9 Å². The average Bonchev–Trinajstić information content (AvgIpc) is 3.45. The van der Waals surface area contributed by atoms with E-state index in [4.69, 9.17) is 0 Å². The molecule has 0 saturated carbocycles. The van der Waals surface area contributed by atoms with Crippen molar-refractivity contribution in [2.45, 2.75) is 25.0 Å². The Balaban J connectivity index is 1.26. The predicted octanol–water partition coefficient (Wildman–Crippen LogP) is 1.30. The molecule has 2 heterocycles. The van der Waals surface area contributed by atoms with Gasteiger partial charge < -0.3 is 0 Å². The Morgan fingerprint density at radius 1 is 1.00 bits per heavy atom. The first-order valence-corrected chi connectivity index (χ1v) is 9.41. The van der Waals surface area contributed by atoms with E-state index >= 15 is 0 Å². The van der Waals surface area contributed by atoms with Crippen LogP contribution in [0, 0.1) is 0 Å². The highest BCUT2D eigenvalue weighted by molar-refractivity contribution is 5.95. The first-order valence-electron chi connectivity index (χ1n) is 9.41. The molecule has 0 bridgehead atoms. The van der Waals surface area contributed by atoms with Gasteiger partial charge in [-0.1, -0.05) is 42.5 Å². The van der Waals surface area contributed by atoms with Gasteiger partial charge in [-0.3, -0.25) is 25.1 Å². The molecule has 2 amide bonds. The van der Waals surface area contributed by atoms with Crippen LogP contribution in [-0.4, -0.2) is 27.6 Å². The number of hydrogen-bond donors (Lipinski definition) is 4. The van der Waals surface area contributed by atoms with E-state index in [9.17, 15) is 9.59 Å². The molecule has 4 rings (SSSR count). The Hall–Kier alpha value is -3.49. The predicted molar refractivity (Wildman–Crippen MR) is 107 cm³/mol. The second-order valence-corrected chi connectivity index (χ2v) is 6.88. The van der Waals surface area contributed by atoms with Gasteiger partial charge in [0, 0.05) is 24.0 Å². The van der Waals surface area contributed by atoms with Gasteiger partial charge in [0.1, 0.15) is 6.04 Å². The van der Waals surface area contributed by atoms with Gasteiger partial charge in [-0.25, -0.2) is 10.9 Å². The van der Waals surface area contributed by atoms with Crippen molar-refractivity contribution in [3.63, 3.8) is 0 Å². The van der Waals surface area contributed by atoms with Crippen LogP contribution in [0.3, 0.4) is 0 Å². The van der Waals surface area contributed by atoms with E-state index in [1.54, 1.807) is 23.0 Å². The molecule has 0 spiro atoms. The number of carbonyl (C=O) groups excluding carboxylic acids is 2. The summed E-state index contributed by atoms with van der Waals surface area (Å²) >= 11 is 0. The second-order valence-electron chi connectivity index (χ2n) is 6.88. The Bertz CT molecular complexity index is 957. The summed E-state index contributed by atoms with van der Waals surface area (Å²) in [4.78, 5) is 24.7. The lowest BCUT2D eigenvalue weighted by molar-refractivity contribution is -0.123. The van der Waals surface area contributed by atoms with E-state index in [0.717, 1.165) is 11.1 Å². The lowest BCUT2D eigenvalue weighted by Crippen LogP contribution is -2.50. The van der Waals surface area contributed by atoms with Crippen LogP contribution in [0.25, 0.3) is 0 Å². The van der Waals surface area contributed by atoms with E-state index in [1.165, 1.54) is 0 Å². The van der Waals surface area contributed by atoms with Crippen LogP contribution in [-0.2, 0) is 11.3 Å². The van der Waals surface area contributed by atoms with Crippen molar-refractivity contribution in [1.29, 1.82) is 0 Å². The van der Waals surface area contributed by atoms with Crippen molar-refractivity contribution in [2.75, 3.05) is 0 Å². The van der Waals surface area contributed by atoms with Crippen LogP contribution in [0.15, 0.2) is 73.1 Å². The summed E-state index contributed by atoms with van der Waals surface area (Å²) in [5, 5.41) is 4.16. The number of nitrogens with zero attached hydrogens (tertiary/aromatic N) is 2. The van der Waals surface area contributed by atoms with Crippen molar-refractivity contribution < 1.29 is 9.59 Å². The molecule has 1 fully saturated rings. The minimum absolute atomic E-state index is 0.0463. The quantitative estimate of drug-likeness (QED) is 0.492. The maximum atomic E-state index is 12.4. The molecular weight excluding hydrogens is 368 g/mol. The number of amides is 2. The third kappa shape index (κ3) is 4.68. The van der Waals surface area contributed by atoms with E-state index in [1.807, 2.05) is 54.7 Å². The number of hydrogen-bond acceptors (Lipinski definition) is 5. The Kier molecular flexibility index (Phi) is 5.64. The smallest absolute Gasteiger partial charge is 0.269 e. The third-order valence-electron chi connectivity index (χ3n) is 4.84. The molecule has 3 aromatic rings. The summed E-state index contributed by atoms with van der Waals surface area (Å²) < 4.78 is 1.81. The number of aromatic nitrogens is 2. The third-order valence-corrected chi connectivity index (χ3v) is 4.84. The normalized spacial score (nSPS) is 18.3. The van der Waals surface area contributed by atoms with E-state index in [2.05, 4.69) is 26.8 Å². The Morgan fingerprint density at radius 2 is 1.79 bits per heavy atom. The van der Waals surface area contributed by atoms with Crippen LogP contribution < -0.4 is 21.7 Å². The standard InChI is InChI=1S/C21H22N6O2/c28-20(17-9-7-15(8-10-17)14-27-12-4-11-22-27)25-26-21(29)19-13-18(23-24-19)16-5-2-1-3-6-16/h1-12,18-19,23-24H,13-14H2,(H,25,28)(H,26,29). The van der Waals surface area contributed by atoms with Crippen molar-refractivity contribution in [1.82, 2.24) is 31.5 Å². The van der Waals surface area contributed by atoms with Crippen LogP contribution >= 0.6 is 0 Å². The maximum Gasteiger partial charge on any atom is 0.269 e. The monoisotopic (exact) mass is 390 g/mol. The van der Waals surface area contributed by atoms with E-state index < -0.39 is 6.04 Å². The molecule has 2 unspecified atom stereocenters. The van der Waals surface area contributed by atoms with Crippen molar-refractivity contribution >= 4 is 11.8 Å². The molecule has 1 saturated heterocycles. The highest BCUT2D eigenvalue weighted by atomic mass is 16.2. The molecule has 8 heteroatoms. The number of carbonyl (C=O) groups is 2. The zero-order valence-corrected chi connectivity index (χ0v) is 15.7. The molecule has 1 aliphatic heterocycles. The molecular formula is C21H22N6O2. The lowest BCUT2D eigenvalue weighted by atomic mass is 10.0. The van der Waals surface area contributed by atoms with Gasteiger partial charge in [0.2, 0.25) is 0 Å². The first-order chi connectivity index (χ1) is 14.2. The highest BCUT2D eigenvalue weighted by Gasteiger charge is 2.30. The van der Waals surface area contributed by atoms with E-state index in [-0.39, 0.29) is 17.9 Å². The Morgan fingerprint density at radius 3 is 2.52 bits per heavy atom. The molecule has 2 aromatic carbocycles. The summed E-state index contributed by atoms with van der Waals surface area (Å²) in [6, 6.07) is 18.6. The molecule has 0 radical (unpaired) electrons. The summed E-state index contributed by atoms with van der Waals surface area (Å²) in [5.41, 5.74) is 13.7. The topological polar surface area (TPSA) is 100 Å². The fourth-order valence-electron chi connectivity index (χ4n) is 3.25. The molecule has 1 aliphatic rings.